The van der Waals surface area contributed by atoms with Gasteiger partial charge in [-0.15, -0.1) is 0 Å². The molecular formula is C25H54N2O4Si3. The van der Waals surface area contributed by atoms with Gasteiger partial charge in [-0.25, -0.2) is 0 Å². The summed E-state index contributed by atoms with van der Waals surface area (Å²) in [7, 11) is -4.52. The second kappa shape index (κ2) is 15.4. The topological polar surface area (TPSA) is 76.7 Å². The number of rotatable bonds is 18. The summed E-state index contributed by atoms with van der Waals surface area (Å²) in [5.41, 5.74) is 1.74. The molecule has 0 aliphatic heterocycles. The Hall–Kier alpha value is -0.749. The molecule has 2 amide bonds. The Morgan fingerprint density at radius 3 is 2.15 bits per heavy atom. The second-order valence-corrected chi connectivity index (χ2v) is 26.7. The van der Waals surface area contributed by atoms with Crippen molar-refractivity contribution in [2.75, 3.05) is 19.8 Å². The van der Waals surface area contributed by atoms with Gasteiger partial charge < -0.3 is 19.5 Å². The zero-order valence-corrected chi connectivity index (χ0v) is 26.9. The summed E-state index contributed by atoms with van der Waals surface area (Å²) in [5.74, 6) is -0.293. The van der Waals surface area contributed by atoms with Crippen molar-refractivity contribution in [1.82, 2.24) is 10.6 Å². The van der Waals surface area contributed by atoms with Gasteiger partial charge in [0, 0.05) is 26.8 Å². The van der Waals surface area contributed by atoms with Crippen LogP contribution in [0.1, 0.15) is 47.0 Å². The van der Waals surface area contributed by atoms with Crippen molar-refractivity contribution in [2.24, 2.45) is 5.92 Å². The van der Waals surface area contributed by atoms with Gasteiger partial charge in [0.25, 0.3) is 0 Å². The number of hydrogen-bond donors (Lipinski definition) is 2. The molecule has 0 fully saturated rings. The second-order valence-electron chi connectivity index (χ2n) is 12.1. The molecule has 9 heteroatoms. The van der Waals surface area contributed by atoms with Crippen LogP contribution in [0.4, 0.5) is 0 Å². The molecule has 0 heterocycles. The van der Waals surface area contributed by atoms with E-state index in [-0.39, 0.29) is 17.7 Å². The average molecular weight is 531 g/mol. The molecule has 200 valence electrons. The van der Waals surface area contributed by atoms with Gasteiger partial charge in [-0.2, -0.15) is 0 Å². The van der Waals surface area contributed by atoms with Gasteiger partial charge in [-0.1, -0.05) is 52.4 Å². The van der Waals surface area contributed by atoms with E-state index in [4.69, 9.17) is 8.85 Å². The van der Waals surface area contributed by atoms with E-state index in [2.05, 4.69) is 70.3 Å². The number of carbonyl (C=O) groups excluding carboxylic acids is 2. The van der Waals surface area contributed by atoms with Gasteiger partial charge >= 0.3 is 0 Å². The molecule has 0 aliphatic carbocycles. The Bertz CT molecular complexity index is 654. The standard InChI is InChI=1S/C25H54N2O4Si3/c1-12-13-16-32(6,7)20-34(10,11)31-33(8,9)17-14-15-30-19-22(4)18-26-25(29)23(5)27-24(28)21(2)3/h22-23H,2,12-20H2,1,3-11H3,(H,26,29)(H,27,28). The fraction of sp³-hybridized carbons (Fsp3) is 0.840. The largest absolute Gasteiger partial charge is 0.456 e. The van der Waals surface area contributed by atoms with E-state index in [9.17, 15) is 9.59 Å². The average Bonchev–Trinajstić information content (AvgIpc) is 2.68. The van der Waals surface area contributed by atoms with Crippen LogP contribution >= 0.6 is 0 Å². The van der Waals surface area contributed by atoms with Crippen LogP contribution < -0.4 is 10.6 Å². The third-order valence-corrected chi connectivity index (χ3v) is 20.8. The monoisotopic (exact) mass is 530 g/mol. The lowest BCUT2D eigenvalue weighted by atomic mass is 10.2. The van der Waals surface area contributed by atoms with Gasteiger partial charge in [-0.05, 0) is 64.1 Å². The predicted molar refractivity (Wildman–Crippen MR) is 153 cm³/mol. The number of amides is 2. The van der Waals surface area contributed by atoms with Gasteiger partial charge in [0.1, 0.15) is 6.04 Å². The zero-order chi connectivity index (χ0) is 26.6. The van der Waals surface area contributed by atoms with E-state index in [0.29, 0.717) is 18.7 Å². The minimum absolute atomic E-state index is 0.195. The maximum atomic E-state index is 12.1. The van der Waals surface area contributed by atoms with Crippen LogP contribution in [0.15, 0.2) is 12.2 Å². The molecule has 0 aromatic carbocycles. The summed E-state index contributed by atoms with van der Waals surface area (Å²) in [4.78, 5) is 23.8. The molecular weight excluding hydrogens is 477 g/mol. The van der Waals surface area contributed by atoms with Gasteiger partial charge in [0.2, 0.25) is 11.8 Å². The normalized spacial score (nSPS) is 14.4. The Balaban J connectivity index is 4.23. The molecule has 34 heavy (non-hydrogen) atoms. The summed E-state index contributed by atoms with van der Waals surface area (Å²) in [6.45, 7) is 27.7. The van der Waals surface area contributed by atoms with Crippen molar-refractivity contribution >= 4 is 36.5 Å². The van der Waals surface area contributed by atoms with Crippen LogP contribution in [0.25, 0.3) is 0 Å². The number of hydrogen-bond acceptors (Lipinski definition) is 4. The summed E-state index contributed by atoms with van der Waals surface area (Å²) in [6, 6.07) is 1.95. The first kappa shape index (κ1) is 33.3. The number of nitrogens with one attached hydrogen (secondary N) is 2. The molecule has 0 bridgehead atoms. The Morgan fingerprint density at radius 1 is 0.971 bits per heavy atom. The minimum Gasteiger partial charge on any atom is -0.456 e. The van der Waals surface area contributed by atoms with Crippen LogP contribution in [0, 0.1) is 5.92 Å². The van der Waals surface area contributed by atoms with Crippen LogP contribution in [-0.2, 0) is 18.4 Å². The summed E-state index contributed by atoms with van der Waals surface area (Å²) in [6.07, 6.45) is 3.66. The lowest BCUT2D eigenvalue weighted by molar-refractivity contribution is -0.127. The minimum atomic E-state index is -1.71. The van der Waals surface area contributed by atoms with Crippen LogP contribution in [0.3, 0.4) is 0 Å². The van der Waals surface area contributed by atoms with Crippen molar-refractivity contribution in [2.45, 2.75) is 110 Å². The molecule has 0 aliphatic rings. The highest BCUT2D eigenvalue weighted by atomic mass is 28.4. The first-order valence-corrected chi connectivity index (χ1v) is 22.7. The first-order chi connectivity index (χ1) is 15.5. The lowest BCUT2D eigenvalue weighted by Crippen LogP contribution is -2.49. The Labute approximate surface area is 213 Å². The number of carbonyl (C=O) groups is 2. The number of unbranched alkanes of at least 4 members (excludes halogenated alkanes) is 1. The van der Waals surface area contributed by atoms with Gasteiger partial charge in [0.05, 0.1) is 6.61 Å². The van der Waals surface area contributed by atoms with Crippen molar-refractivity contribution < 1.29 is 18.4 Å². The van der Waals surface area contributed by atoms with Gasteiger partial charge in [0.15, 0.2) is 16.6 Å². The van der Waals surface area contributed by atoms with Crippen molar-refractivity contribution in [3.05, 3.63) is 12.2 Å². The zero-order valence-electron chi connectivity index (χ0n) is 23.9. The van der Waals surface area contributed by atoms with Crippen molar-refractivity contribution in [1.29, 1.82) is 0 Å². The maximum Gasteiger partial charge on any atom is 0.246 e. The highest BCUT2D eigenvalue weighted by Crippen LogP contribution is 2.29. The molecule has 2 unspecified atom stereocenters. The number of ether oxygens (including phenoxy) is 1. The van der Waals surface area contributed by atoms with E-state index < -0.39 is 30.8 Å². The third kappa shape index (κ3) is 16.0. The molecule has 2 N–H and O–H groups in total. The molecule has 0 saturated heterocycles. The smallest absolute Gasteiger partial charge is 0.246 e. The molecule has 2 atom stereocenters. The van der Waals surface area contributed by atoms with Crippen LogP contribution in [0.5, 0.6) is 0 Å². The van der Waals surface area contributed by atoms with Gasteiger partial charge in [-0.3, -0.25) is 9.59 Å². The maximum absolute atomic E-state index is 12.1. The van der Waals surface area contributed by atoms with E-state index in [0.717, 1.165) is 19.1 Å². The summed E-state index contributed by atoms with van der Waals surface area (Å²) >= 11 is 0. The van der Waals surface area contributed by atoms with Crippen molar-refractivity contribution in [3.8, 4) is 0 Å². The highest BCUT2D eigenvalue weighted by molar-refractivity contribution is 6.96. The van der Waals surface area contributed by atoms with Crippen LogP contribution in [-0.4, -0.2) is 62.3 Å². The van der Waals surface area contributed by atoms with Crippen molar-refractivity contribution in [3.63, 3.8) is 0 Å². The van der Waals surface area contributed by atoms with E-state index >= 15 is 0 Å². The Morgan fingerprint density at radius 2 is 1.59 bits per heavy atom. The summed E-state index contributed by atoms with van der Waals surface area (Å²) < 4.78 is 12.8. The fourth-order valence-corrected chi connectivity index (χ4v) is 24.1. The molecule has 0 rings (SSSR count). The first-order valence-electron chi connectivity index (χ1n) is 13.0. The summed E-state index contributed by atoms with van der Waals surface area (Å²) in [5, 5.41) is 5.51. The lowest BCUT2D eigenvalue weighted by Gasteiger charge is -2.38. The van der Waals surface area contributed by atoms with E-state index in [1.165, 1.54) is 24.6 Å². The predicted octanol–water partition coefficient (Wildman–Crippen LogP) is 5.70. The Kier molecular flexibility index (Phi) is 15.0. The molecule has 0 spiro atoms. The van der Waals surface area contributed by atoms with E-state index in [1.807, 2.05) is 0 Å². The highest BCUT2D eigenvalue weighted by Gasteiger charge is 2.37. The quantitative estimate of drug-likeness (QED) is 0.135. The van der Waals surface area contributed by atoms with E-state index in [1.54, 1.807) is 13.8 Å². The molecule has 0 saturated carbocycles. The molecule has 0 aromatic heterocycles. The SMILES string of the molecule is C=C(C)C(=O)NC(C)C(=O)NCC(C)COCCC[Si](C)(C)O[Si](C)(C)C[Si](C)(C)CCCC. The van der Waals surface area contributed by atoms with Crippen LogP contribution in [0.2, 0.25) is 57.0 Å². The molecule has 0 aromatic rings. The third-order valence-electron chi connectivity index (χ3n) is 5.89. The fourth-order valence-electron chi connectivity index (χ4n) is 4.49. The molecule has 0 radical (unpaired) electrons. The molecule has 6 nitrogen and oxygen atoms in total.